The van der Waals surface area contributed by atoms with Crippen LogP contribution in [-0.4, -0.2) is 19.1 Å². The van der Waals surface area contributed by atoms with E-state index >= 15 is 0 Å². The van der Waals surface area contributed by atoms with Crippen LogP contribution >= 0.6 is 31.9 Å². The summed E-state index contributed by atoms with van der Waals surface area (Å²) in [6.45, 7) is 0. The highest BCUT2D eigenvalue weighted by Gasteiger charge is 2.25. The fourth-order valence-electron chi connectivity index (χ4n) is 2.40. The van der Waals surface area contributed by atoms with Gasteiger partial charge in [-0.15, -0.1) is 0 Å². The standard InChI is InChI=1S/C14H18Br2N2O2/c1-20-13-7-12(10(15)6-11(13)16)18-14(19)8-2-4-9(17)5-3-8/h6-9H,2-5,17H2,1H3,(H,18,19). The molecule has 0 aromatic heterocycles. The number of ether oxygens (including phenoxy) is 1. The zero-order valence-corrected chi connectivity index (χ0v) is 14.5. The second-order valence-corrected chi connectivity index (χ2v) is 6.78. The third-order valence-electron chi connectivity index (χ3n) is 3.64. The molecule has 20 heavy (non-hydrogen) atoms. The van der Waals surface area contributed by atoms with Crippen molar-refractivity contribution in [3.63, 3.8) is 0 Å². The Morgan fingerprint density at radius 3 is 2.50 bits per heavy atom. The highest BCUT2D eigenvalue weighted by molar-refractivity contribution is 9.11. The molecule has 1 aromatic carbocycles. The Bertz CT molecular complexity index is 500. The summed E-state index contributed by atoms with van der Waals surface area (Å²) in [6, 6.07) is 3.92. The monoisotopic (exact) mass is 404 g/mol. The number of hydrogen-bond acceptors (Lipinski definition) is 3. The van der Waals surface area contributed by atoms with Crippen LogP contribution in [0.15, 0.2) is 21.1 Å². The Morgan fingerprint density at radius 1 is 1.25 bits per heavy atom. The van der Waals surface area contributed by atoms with Crippen LogP contribution in [0.1, 0.15) is 25.7 Å². The second-order valence-electron chi connectivity index (χ2n) is 5.07. The van der Waals surface area contributed by atoms with E-state index in [-0.39, 0.29) is 17.9 Å². The van der Waals surface area contributed by atoms with Gasteiger partial charge in [0.2, 0.25) is 5.91 Å². The topological polar surface area (TPSA) is 64.3 Å². The van der Waals surface area contributed by atoms with Gasteiger partial charge in [-0.25, -0.2) is 0 Å². The maximum atomic E-state index is 12.3. The number of hydrogen-bond donors (Lipinski definition) is 2. The van der Waals surface area contributed by atoms with E-state index in [1.807, 2.05) is 6.07 Å². The molecule has 6 heteroatoms. The van der Waals surface area contributed by atoms with Gasteiger partial charge in [-0.3, -0.25) is 4.79 Å². The van der Waals surface area contributed by atoms with Crippen LogP contribution in [0, 0.1) is 5.92 Å². The maximum Gasteiger partial charge on any atom is 0.227 e. The molecule has 0 bridgehead atoms. The minimum Gasteiger partial charge on any atom is -0.495 e. The van der Waals surface area contributed by atoms with E-state index in [9.17, 15) is 4.79 Å². The summed E-state index contributed by atoms with van der Waals surface area (Å²) in [5.41, 5.74) is 6.59. The highest BCUT2D eigenvalue weighted by atomic mass is 79.9. The molecule has 2 rings (SSSR count). The zero-order chi connectivity index (χ0) is 14.7. The summed E-state index contributed by atoms with van der Waals surface area (Å²) >= 11 is 6.86. The summed E-state index contributed by atoms with van der Waals surface area (Å²) in [6.07, 6.45) is 3.56. The predicted molar refractivity (Wildman–Crippen MR) is 87.0 cm³/mol. The molecule has 1 aromatic rings. The number of amides is 1. The Balaban J connectivity index is 2.07. The van der Waals surface area contributed by atoms with Crippen molar-refractivity contribution in [2.24, 2.45) is 11.7 Å². The van der Waals surface area contributed by atoms with Gasteiger partial charge in [0.05, 0.1) is 17.3 Å². The van der Waals surface area contributed by atoms with Crippen molar-refractivity contribution in [1.82, 2.24) is 0 Å². The van der Waals surface area contributed by atoms with Crippen molar-refractivity contribution < 1.29 is 9.53 Å². The number of nitrogens with one attached hydrogen (secondary N) is 1. The summed E-state index contributed by atoms with van der Waals surface area (Å²) < 4.78 is 6.91. The largest absolute Gasteiger partial charge is 0.495 e. The van der Waals surface area contributed by atoms with Crippen LogP contribution in [0.2, 0.25) is 0 Å². The van der Waals surface area contributed by atoms with Crippen molar-refractivity contribution in [2.75, 3.05) is 12.4 Å². The normalized spacial score (nSPS) is 22.4. The molecule has 1 fully saturated rings. The average molecular weight is 406 g/mol. The molecule has 1 saturated carbocycles. The van der Waals surface area contributed by atoms with E-state index in [1.165, 1.54) is 0 Å². The minimum absolute atomic E-state index is 0.0522. The SMILES string of the molecule is COc1cc(NC(=O)C2CCC(N)CC2)c(Br)cc1Br. The van der Waals surface area contributed by atoms with Gasteiger partial charge in [-0.1, -0.05) is 0 Å². The first kappa shape index (κ1) is 15.8. The summed E-state index contributed by atoms with van der Waals surface area (Å²) in [7, 11) is 1.60. The van der Waals surface area contributed by atoms with Gasteiger partial charge >= 0.3 is 0 Å². The van der Waals surface area contributed by atoms with Crippen molar-refractivity contribution in [1.29, 1.82) is 0 Å². The quantitative estimate of drug-likeness (QED) is 0.806. The predicted octanol–water partition coefficient (Wildman–Crippen LogP) is 3.68. The zero-order valence-electron chi connectivity index (χ0n) is 11.3. The first-order valence-corrected chi connectivity index (χ1v) is 8.19. The highest BCUT2D eigenvalue weighted by Crippen LogP contribution is 2.35. The Morgan fingerprint density at radius 2 is 1.90 bits per heavy atom. The molecular weight excluding hydrogens is 388 g/mol. The molecule has 3 N–H and O–H groups in total. The molecule has 0 heterocycles. The summed E-state index contributed by atoms with van der Waals surface area (Å²) in [4.78, 5) is 12.3. The first-order chi connectivity index (χ1) is 9.51. The molecule has 0 spiro atoms. The Hall–Kier alpha value is -0.590. The van der Waals surface area contributed by atoms with E-state index in [2.05, 4.69) is 37.2 Å². The number of carbonyl (C=O) groups is 1. The van der Waals surface area contributed by atoms with Crippen LogP contribution in [0.3, 0.4) is 0 Å². The van der Waals surface area contributed by atoms with Crippen LogP contribution in [0.25, 0.3) is 0 Å². The number of benzene rings is 1. The molecule has 1 aliphatic rings. The molecule has 0 unspecified atom stereocenters. The van der Waals surface area contributed by atoms with Gasteiger partial charge in [-0.2, -0.15) is 0 Å². The van der Waals surface area contributed by atoms with Gasteiger partial charge in [-0.05, 0) is 63.6 Å². The number of carbonyl (C=O) groups excluding carboxylic acids is 1. The third-order valence-corrected chi connectivity index (χ3v) is 4.92. The first-order valence-electron chi connectivity index (χ1n) is 6.60. The van der Waals surface area contributed by atoms with Gasteiger partial charge in [0.1, 0.15) is 5.75 Å². The van der Waals surface area contributed by atoms with Gasteiger partial charge in [0, 0.05) is 22.5 Å². The van der Waals surface area contributed by atoms with E-state index in [0.29, 0.717) is 5.75 Å². The fourth-order valence-corrected chi connectivity index (χ4v) is 3.65. The number of anilines is 1. The van der Waals surface area contributed by atoms with Crippen LogP contribution in [0.4, 0.5) is 5.69 Å². The van der Waals surface area contributed by atoms with Crippen LogP contribution in [0.5, 0.6) is 5.75 Å². The molecule has 0 saturated heterocycles. The van der Waals surface area contributed by atoms with Crippen LogP contribution < -0.4 is 15.8 Å². The van der Waals surface area contributed by atoms with E-state index in [1.54, 1.807) is 13.2 Å². The molecule has 110 valence electrons. The van der Waals surface area contributed by atoms with Crippen molar-refractivity contribution in [2.45, 2.75) is 31.7 Å². The molecule has 4 nitrogen and oxygen atoms in total. The van der Waals surface area contributed by atoms with Gasteiger partial charge < -0.3 is 15.8 Å². The number of nitrogens with two attached hydrogens (primary N) is 1. The number of methoxy groups -OCH3 is 1. The van der Waals surface area contributed by atoms with Gasteiger partial charge in [0.15, 0.2) is 0 Å². The average Bonchev–Trinajstić information content (AvgIpc) is 2.42. The molecule has 0 radical (unpaired) electrons. The van der Waals surface area contributed by atoms with Crippen molar-refractivity contribution in [3.8, 4) is 5.75 Å². The van der Waals surface area contributed by atoms with Crippen molar-refractivity contribution >= 4 is 43.5 Å². The lowest BCUT2D eigenvalue weighted by atomic mass is 9.86. The number of rotatable bonds is 3. The maximum absolute atomic E-state index is 12.3. The number of halogens is 2. The lowest BCUT2D eigenvalue weighted by Crippen LogP contribution is -2.32. The third kappa shape index (κ3) is 3.74. The summed E-state index contributed by atoms with van der Waals surface area (Å²) in [5, 5.41) is 2.97. The lowest BCUT2D eigenvalue weighted by molar-refractivity contribution is -0.120. The smallest absolute Gasteiger partial charge is 0.227 e. The molecule has 0 atom stereocenters. The van der Waals surface area contributed by atoms with Gasteiger partial charge in [0.25, 0.3) is 0 Å². The Kier molecular flexibility index (Phi) is 5.46. The Labute approximate surface area is 135 Å². The van der Waals surface area contributed by atoms with E-state index in [0.717, 1.165) is 40.3 Å². The minimum atomic E-state index is 0.0522. The summed E-state index contributed by atoms with van der Waals surface area (Å²) in [5.74, 6) is 0.799. The fraction of sp³-hybridized carbons (Fsp3) is 0.500. The molecule has 1 amide bonds. The van der Waals surface area contributed by atoms with Crippen molar-refractivity contribution in [3.05, 3.63) is 21.1 Å². The van der Waals surface area contributed by atoms with E-state index in [4.69, 9.17) is 10.5 Å². The molecule has 0 aliphatic heterocycles. The van der Waals surface area contributed by atoms with E-state index < -0.39 is 0 Å². The lowest BCUT2D eigenvalue weighted by Gasteiger charge is -2.25. The van der Waals surface area contributed by atoms with Crippen LogP contribution in [-0.2, 0) is 4.79 Å². The molecule has 1 aliphatic carbocycles. The molecular formula is C14H18Br2N2O2. The second kappa shape index (κ2) is 6.91.